The van der Waals surface area contributed by atoms with Crippen LogP contribution in [0, 0.1) is 0 Å². The maximum Gasteiger partial charge on any atom is 0.211 e. The molecule has 1 aromatic carbocycles. The van der Waals surface area contributed by atoms with Crippen LogP contribution in [0.4, 0.5) is 11.4 Å². The number of nitrogens with zero attached hydrogens (tertiary/aromatic N) is 3. The summed E-state index contributed by atoms with van der Waals surface area (Å²) in [6.45, 7) is 8.94. The van der Waals surface area contributed by atoms with Gasteiger partial charge in [-0.15, -0.1) is 0 Å². The van der Waals surface area contributed by atoms with Gasteiger partial charge in [0, 0.05) is 50.6 Å². The van der Waals surface area contributed by atoms with Gasteiger partial charge in [0.05, 0.1) is 6.26 Å². The first kappa shape index (κ1) is 16.1. The van der Waals surface area contributed by atoms with Gasteiger partial charge in [-0.3, -0.25) is 0 Å². The van der Waals surface area contributed by atoms with Crippen molar-refractivity contribution in [1.82, 2.24) is 4.31 Å². The van der Waals surface area contributed by atoms with Crippen molar-refractivity contribution in [3.63, 3.8) is 0 Å². The Morgan fingerprint density at radius 2 is 1.52 bits per heavy atom. The van der Waals surface area contributed by atoms with Crippen LogP contribution in [-0.2, 0) is 10.0 Å². The third kappa shape index (κ3) is 3.89. The SMILES string of the molecule is CCN(CC)c1ccc(N2CCN(S(C)(=O)=O)CC2)cc1. The number of hydrogen-bond donors (Lipinski definition) is 0. The molecule has 0 spiro atoms. The second-order valence-corrected chi connectivity index (χ2v) is 7.32. The van der Waals surface area contributed by atoms with Gasteiger partial charge in [0.1, 0.15) is 0 Å². The molecule has 0 aromatic heterocycles. The number of hydrogen-bond acceptors (Lipinski definition) is 4. The van der Waals surface area contributed by atoms with Crippen molar-refractivity contribution in [2.24, 2.45) is 0 Å². The molecule has 5 nitrogen and oxygen atoms in total. The smallest absolute Gasteiger partial charge is 0.211 e. The van der Waals surface area contributed by atoms with Gasteiger partial charge < -0.3 is 9.80 Å². The number of piperazine rings is 1. The molecule has 0 saturated carbocycles. The molecule has 1 fully saturated rings. The van der Waals surface area contributed by atoms with Crippen molar-refractivity contribution in [1.29, 1.82) is 0 Å². The lowest BCUT2D eigenvalue weighted by atomic mass is 10.2. The second kappa shape index (κ2) is 6.66. The second-order valence-electron chi connectivity index (χ2n) is 5.34. The fourth-order valence-electron chi connectivity index (χ4n) is 2.74. The zero-order valence-corrected chi connectivity index (χ0v) is 13.9. The zero-order chi connectivity index (χ0) is 15.5. The molecule has 0 unspecified atom stereocenters. The van der Waals surface area contributed by atoms with Gasteiger partial charge in [-0.05, 0) is 38.1 Å². The van der Waals surface area contributed by atoms with Crippen LogP contribution < -0.4 is 9.80 Å². The van der Waals surface area contributed by atoms with Gasteiger partial charge >= 0.3 is 0 Å². The molecule has 6 heteroatoms. The highest BCUT2D eigenvalue weighted by atomic mass is 32.2. The molecule has 0 radical (unpaired) electrons. The summed E-state index contributed by atoms with van der Waals surface area (Å²) in [5.41, 5.74) is 2.40. The van der Waals surface area contributed by atoms with Crippen molar-refractivity contribution in [2.45, 2.75) is 13.8 Å². The summed E-state index contributed by atoms with van der Waals surface area (Å²) in [5, 5.41) is 0. The van der Waals surface area contributed by atoms with E-state index in [1.807, 2.05) is 0 Å². The predicted molar refractivity (Wildman–Crippen MR) is 88.6 cm³/mol. The van der Waals surface area contributed by atoms with Gasteiger partial charge in [0.15, 0.2) is 0 Å². The maximum atomic E-state index is 11.5. The van der Waals surface area contributed by atoms with Crippen LogP contribution in [0.3, 0.4) is 0 Å². The third-order valence-electron chi connectivity index (χ3n) is 4.05. The van der Waals surface area contributed by atoms with E-state index in [0.717, 1.165) is 26.2 Å². The van der Waals surface area contributed by atoms with Gasteiger partial charge in [-0.2, -0.15) is 4.31 Å². The highest BCUT2D eigenvalue weighted by Crippen LogP contribution is 2.22. The van der Waals surface area contributed by atoms with Crippen LogP contribution in [0.5, 0.6) is 0 Å². The van der Waals surface area contributed by atoms with Gasteiger partial charge in [-0.25, -0.2) is 8.42 Å². The number of anilines is 2. The fraction of sp³-hybridized carbons (Fsp3) is 0.600. The third-order valence-corrected chi connectivity index (χ3v) is 5.35. The van der Waals surface area contributed by atoms with Gasteiger partial charge in [0.2, 0.25) is 10.0 Å². The summed E-state index contributed by atoms with van der Waals surface area (Å²) < 4.78 is 24.6. The van der Waals surface area contributed by atoms with Crippen molar-refractivity contribution >= 4 is 21.4 Å². The fourth-order valence-corrected chi connectivity index (χ4v) is 3.57. The average Bonchev–Trinajstić information content (AvgIpc) is 2.48. The first-order valence-corrected chi connectivity index (χ1v) is 9.35. The summed E-state index contributed by atoms with van der Waals surface area (Å²) in [6, 6.07) is 8.55. The Labute approximate surface area is 128 Å². The lowest BCUT2D eigenvalue weighted by molar-refractivity contribution is 0.388. The normalized spacial score (nSPS) is 17.0. The monoisotopic (exact) mass is 311 g/mol. The van der Waals surface area contributed by atoms with Crippen LogP contribution in [0.2, 0.25) is 0 Å². The number of sulfonamides is 1. The van der Waals surface area contributed by atoms with Crippen LogP contribution >= 0.6 is 0 Å². The van der Waals surface area contributed by atoms with E-state index >= 15 is 0 Å². The summed E-state index contributed by atoms with van der Waals surface area (Å²) in [7, 11) is -3.06. The molecule has 0 bridgehead atoms. The molecule has 21 heavy (non-hydrogen) atoms. The van der Waals surface area contributed by atoms with Crippen LogP contribution in [0.1, 0.15) is 13.8 Å². The van der Waals surface area contributed by atoms with E-state index < -0.39 is 10.0 Å². The van der Waals surface area contributed by atoms with E-state index in [1.54, 1.807) is 4.31 Å². The molecule has 0 N–H and O–H groups in total. The van der Waals surface area contributed by atoms with Crippen molar-refractivity contribution in [3.05, 3.63) is 24.3 Å². The van der Waals surface area contributed by atoms with E-state index in [9.17, 15) is 8.42 Å². The van der Waals surface area contributed by atoms with Crippen molar-refractivity contribution in [2.75, 3.05) is 55.3 Å². The molecule has 118 valence electrons. The molecular formula is C15H25N3O2S. The highest BCUT2D eigenvalue weighted by Gasteiger charge is 2.23. The van der Waals surface area contributed by atoms with E-state index in [0.29, 0.717) is 13.1 Å². The summed E-state index contributed by atoms with van der Waals surface area (Å²) in [5.74, 6) is 0. The topological polar surface area (TPSA) is 43.9 Å². The van der Waals surface area contributed by atoms with E-state index in [1.165, 1.54) is 17.6 Å². The minimum atomic E-state index is -3.06. The Morgan fingerprint density at radius 1 is 1.00 bits per heavy atom. The van der Waals surface area contributed by atoms with Crippen LogP contribution in [-0.4, -0.2) is 58.2 Å². The summed E-state index contributed by atoms with van der Waals surface area (Å²) in [6.07, 6.45) is 1.28. The first-order chi connectivity index (χ1) is 9.95. The molecule has 0 atom stereocenters. The van der Waals surface area contributed by atoms with Crippen LogP contribution in [0.25, 0.3) is 0 Å². The maximum absolute atomic E-state index is 11.5. The molecule has 1 saturated heterocycles. The zero-order valence-electron chi connectivity index (χ0n) is 13.1. The Kier molecular flexibility index (Phi) is 5.11. The quantitative estimate of drug-likeness (QED) is 0.829. The van der Waals surface area contributed by atoms with Crippen LogP contribution in [0.15, 0.2) is 24.3 Å². The first-order valence-electron chi connectivity index (χ1n) is 7.50. The molecule has 1 aromatic rings. The number of rotatable bonds is 5. The molecule has 1 heterocycles. The Hall–Kier alpha value is -1.27. The lowest BCUT2D eigenvalue weighted by Gasteiger charge is -2.35. The van der Waals surface area contributed by atoms with E-state index in [4.69, 9.17) is 0 Å². The molecule has 0 amide bonds. The minimum Gasteiger partial charge on any atom is -0.372 e. The van der Waals surface area contributed by atoms with Gasteiger partial charge in [0.25, 0.3) is 0 Å². The Balaban J connectivity index is 2.01. The number of benzene rings is 1. The predicted octanol–water partition coefficient (Wildman–Crippen LogP) is 1.61. The standard InChI is InChI=1S/C15H25N3O2S/c1-4-16(5-2)14-6-8-15(9-7-14)17-10-12-18(13-11-17)21(3,19)20/h6-9H,4-5,10-13H2,1-3H3. The Morgan fingerprint density at radius 3 is 1.95 bits per heavy atom. The Bertz CT molecular complexity index is 545. The van der Waals surface area contributed by atoms with E-state index in [-0.39, 0.29) is 0 Å². The lowest BCUT2D eigenvalue weighted by Crippen LogP contribution is -2.48. The van der Waals surface area contributed by atoms with Crippen molar-refractivity contribution in [3.8, 4) is 0 Å². The molecule has 2 rings (SSSR count). The highest BCUT2D eigenvalue weighted by molar-refractivity contribution is 7.88. The molecular weight excluding hydrogens is 286 g/mol. The molecule has 0 aliphatic carbocycles. The average molecular weight is 311 g/mol. The van der Waals surface area contributed by atoms with Gasteiger partial charge in [-0.1, -0.05) is 0 Å². The minimum absolute atomic E-state index is 0.566. The largest absolute Gasteiger partial charge is 0.372 e. The van der Waals surface area contributed by atoms with E-state index in [2.05, 4.69) is 47.9 Å². The summed E-state index contributed by atoms with van der Waals surface area (Å²) in [4.78, 5) is 4.55. The van der Waals surface area contributed by atoms with Crippen molar-refractivity contribution < 1.29 is 8.42 Å². The molecule has 1 aliphatic rings. The summed E-state index contributed by atoms with van der Waals surface area (Å²) >= 11 is 0. The molecule has 1 aliphatic heterocycles.